The Labute approximate surface area is 276 Å². The van der Waals surface area contributed by atoms with E-state index >= 15 is 0 Å². The molecule has 0 fully saturated rings. The molecule has 0 radical (unpaired) electrons. The van der Waals surface area contributed by atoms with Gasteiger partial charge in [0.2, 0.25) is 0 Å². The molecule has 0 nitrogen and oxygen atoms in total. The number of thiophene rings is 1. The van der Waals surface area contributed by atoms with E-state index in [1.54, 1.807) is 0 Å². The van der Waals surface area contributed by atoms with Crippen LogP contribution in [0, 0.1) is 0 Å². The van der Waals surface area contributed by atoms with Gasteiger partial charge in [0.05, 0.1) is 0 Å². The van der Waals surface area contributed by atoms with Crippen LogP contribution in [0.3, 0.4) is 0 Å². The summed E-state index contributed by atoms with van der Waals surface area (Å²) < 4.78 is 2.65. The summed E-state index contributed by atoms with van der Waals surface area (Å²) in [7, 11) is 0. The van der Waals surface area contributed by atoms with Crippen molar-refractivity contribution in [2.45, 2.75) is 0 Å². The molecule has 0 saturated carbocycles. The van der Waals surface area contributed by atoms with Crippen LogP contribution in [-0.4, -0.2) is 0 Å². The summed E-state index contributed by atoms with van der Waals surface area (Å²) in [5, 5.41) is 12.9. The molecular weight excluding hydrogens is 585 g/mol. The van der Waals surface area contributed by atoms with Crippen LogP contribution in [0.15, 0.2) is 170 Å². The molecule has 9 aromatic carbocycles. The molecule has 10 aromatic rings. The van der Waals surface area contributed by atoms with Gasteiger partial charge in [-0.05, 0) is 88.6 Å². The lowest BCUT2D eigenvalue weighted by atomic mass is 9.84. The highest BCUT2D eigenvalue weighted by Gasteiger charge is 2.19. The lowest BCUT2D eigenvalue weighted by Crippen LogP contribution is -1.91. The lowest BCUT2D eigenvalue weighted by Gasteiger charge is -2.19. The van der Waals surface area contributed by atoms with Crippen molar-refractivity contribution in [1.29, 1.82) is 0 Å². The zero-order valence-electron chi connectivity index (χ0n) is 25.6. The van der Waals surface area contributed by atoms with Crippen molar-refractivity contribution < 1.29 is 0 Å². The molecule has 1 aromatic heterocycles. The Morgan fingerprint density at radius 3 is 1.51 bits per heavy atom. The Kier molecular flexibility index (Phi) is 5.85. The molecule has 47 heavy (non-hydrogen) atoms. The molecule has 0 unspecified atom stereocenters. The summed E-state index contributed by atoms with van der Waals surface area (Å²) >= 11 is 1.89. The quantitative estimate of drug-likeness (QED) is 0.138. The maximum Gasteiger partial charge on any atom is 0.0361 e. The van der Waals surface area contributed by atoms with Gasteiger partial charge in [0.1, 0.15) is 0 Å². The van der Waals surface area contributed by atoms with Gasteiger partial charge in [-0.2, -0.15) is 0 Å². The van der Waals surface area contributed by atoms with Gasteiger partial charge in [-0.15, -0.1) is 11.3 Å². The van der Waals surface area contributed by atoms with Gasteiger partial charge >= 0.3 is 0 Å². The number of hydrogen-bond acceptors (Lipinski definition) is 1. The Morgan fingerprint density at radius 1 is 0.277 bits per heavy atom. The molecule has 0 N–H and O–H groups in total. The smallest absolute Gasteiger partial charge is 0.0361 e. The van der Waals surface area contributed by atoms with Crippen molar-refractivity contribution in [3.63, 3.8) is 0 Å². The highest BCUT2D eigenvalue weighted by molar-refractivity contribution is 7.25. The average Bonchev–Trinajstić information content (AvgIpc) is 3.51. The second-order valence-electron chi connectivity index (χ2n) is 12.4. The highest BCUT2D eigenvalue weighted by atomic mass is 32.1. The zero-order chi connectivity index (χ0) is 30.9. The molecule has 0 aliphatic carbocycles. The fraction of sp³-hybridized carbons (Fsp3) is 0. The predicted octanol–water partition coefficient (Wildman–Crippen LogP) is 13.7. The van der Waals surface area contributed by atoms with E-state index in [0.29, 0.717) is 0 Å². The first-order valence-electron chi connectivity index (χ1n) is 16.2. The van der Waals surface area contributed by atoms with Crippen LogP contribution in [0.5, 0.6) is 0 Å². The summed E-state index contributed by atoms with van der Waals surface area (Å²) in [5.41, 5.74) is 7.66. The van der Waals surface area contributed by atoms with E-state index in [0.717, 1.165) is 0 Å². The monoisotopic (exact) mass is 612 g/mol. The van der Waals surface area contributed by atoms with Gasteiger partial charge in [-0.1, -0.05) is 158 Å². The number of rotatable bonds is 3. The lowest BCUT2D eigenvalue weighted by molar-refractivity contribution is 1.66. The molecule has 0 saturated heterocycles. The van der Waals surface area contributed by atoms with E-state index in [1.165, 1.54) is 96.6 Å². The van der Waals surface area contributed by atoms with E-state index in [2.05, 4.69) is 170 Å². The van der Waals surface area contributed by atoms with E-state index in [1.807, 2.05) is 11.3 Å². The minimum atomic E-state index is 1.25. The molecule has 10 rings (SSSR count). The van der Waals surface area contributed by atoms with Crippen molar-refractivity contribution in [1.82, 2.24) is 0 Å². The molecule has 0 aliphatic heterocycles. The third-order valence-electron chi connectivity index (χ3n) is 9.86. The van der Waals surface area contributed by atoms with Crippen LogP contribution in [0.2, 0.25) is 0 Å². The number of fused-ring (bicyclic) bond motifs is 8. The minimum Gasteiger partial charge on any atom is -0.135 e. The zero-order valence-corrected chi connectivity index (χ0v) is 26.4. The van der Waals surface area contributed by atoms with Crippen LogP contribution >= 0.6 is 11.3 Å². The van der Waals surface area contributed by atoms with Crippen LogP contribution in [-0.2, 0) is 0 Å². The van der Waals surface area contributed by atoms with Crippen LogP contribution < -0.4 is 0 Å². The maximum absolute atomic E-state index is 2.42. The van der Waals surface area contributed by atoms with Crippen molar-refractivity contribution in [3.8, 4) is 33.4 Å². The first-order chi connectivity index (χ1) is 23.3. The summed E-state index contributed by atoms with van der Waals surface area (Å²) in [5.74, 6) is 0. The summed E-state index contributed by atoms with van der Waals surface area (Å²) in [6.45, 7) is 0. The highest BCUT2D eigenvalue weighted by Crippen LogP contribution is 2.47. The Hall–Kier alpha value is -5.76. The summed E-state index contributed by atoms with van der Waals surface area (Å²) in [6, 6.07) is 62.7. The van der Waals surface area contributed by atoms with Gasteiger partial charge in [0.15, 0.2) is 0 Å². The molecule has 0 atom stereocenters. The Balaban J connectivity index is 1.23. The minimum absolute atomic E-state index is 1.25. The second kappa shape index (κ2) is 10.4. The van der Waals surface area contributed by atoms with Crippen LogP contribution in [0.25, 0.3) is 96.6 Å². The van der Waals surface area contributed by atoms with Crippen molar-refractivity contribution in [2.75, 3.05) is 0 Å². The predicted molar refractivity (Wildman–Crippen MR) is 206 cm³/mol. The number of benzene rings is 9. The summed E-state index contributed by atoms with van der Waals surface area (Å²) in [4.78, 5) is 0. The molecule has 0 bridgehead atoms. The molecule has 1 heteroatoms. The van der Waals surface area contributed by atoms with Crippen molar-refractivity contribution in [2.24, 2.45) is 0 Å². The normalized spacial score (nSPS) is 11.8. The number of hydrogen-bond donors (Lipinski definition) is 0. The SMILES string of the molecule is c1ccc(-c2ccc3c(c2)sc2cc(-c4c5ccccc5c(-c5cccc6c5ccc5ccccc56)c5ccccc45)ccc23)cc1. The second-order valence-corrected chi connectivity index (χ2v) is 13.5. The third-order valence-corrected chi connectivity index (χ3v) is 11.0. The average molecular weight is 613 g/mol. The maximum atomic E-state index is 2.42. The fourth-order valence-corrected chi connectivity index (χ4v) is 8.92. The molecule has 0 aliphatic rings. The summed E-state index contributed by atoms with van der Waals surface area (Å²) in [6.07, 6.45) is 0. The van der Waals surface area contributed by atoms with Gasteiger partial charge < -0.3 is 0 Å². The molecular formula is C46H28S. The van der Waals surface area contributed by atoms with Gasteiger partial charge in [-0.3, -0.25) is 0 Å². The van der Waals surface area contributed by atoms with Crippen LogP contribution in [0.1, 0.15) is 0 Å². The van der Waals surface area contributed by atoms with Crippen LogP contribution in [0.4, 0.5) is 0 Å². The Morgan fingerprint density at radius 2 is 0.809 bits per heavy atom. The van der Waals surface area contributed by atoms with Crippen molar-refractivity contribution in [3.05, 3.63) is 170 Å². The van der Waals surface area contributed by atoms with E-state index < -0.39 is 0 Å². The van der Waals surface area contributed by atoms with E-state index in [4.69, 9.17) is 0 Å². The standard InChI is InChI=1S/C46H28S/c1-2-11-29(12-3-1)31-22-25-36-37-26-23-32(28-44(37)47-43(36)27-31)45-39-15-6-8-17-41(39)46(42-18-9-7-16-40(42)45)38-20-10-19-34-33-14-5-4-13-30(33)21-24-35(34)38/h1-28H. The largest absolute Gasteiger partial charge is 0.135 e. The van der Waals surface area contributed by atoms with E-state index in [-0.39, 0.29) is 0 Å². The molecule has 0 amide bonds. The van der Waals surface area contributed by atoms with Gasteiger partial charge in [0, 0.05) is 20.2 Å². The fourth-order valence-electron chi connectivity index (χ4n) is 7.73. The molecule has 0 spiro atoms. The topological polar surface area (TPSA) is 0 Å². The third kappa shape index (κ3) is 4.07. The van der Waals surface area contributed by atoms with E-state index in [9.17, 15) is 0 Å². The van der Waals surface area contributed by atoms with Gasteiger partial charge in [-0.25, -0.2) is 0 Å². The first-order valence-corrected chi connectivity index (χ1v) is 17.0. The van der Waals surface area contributed by atoms with Crippen molar-refractivity contribution >= 4 is 74.6 Å². The van der Waals surface area contributed by atoms with Gasteiger partial charge in [0.25, 0.3) is 0 Å². The molecule has 218 valence electrons. The first kappa shape index (κ1) is 26.5. The molecule has 1 heterocycles. The Bertz CT molecular complexity index is 2780.